The quantitative estimate of drug-likeness (QED) is 0.493. The van der Waals surface area contributed by atoms with Crippen LogP contribution in [0.5, 0.6) is 0 Å². The van der Waals surface area contributed by atoms with Crippen molar-refractivity contribution in [3.05, 3.63) is 99.0 Å². The summed E-state index contributed by atoms with van der Waals surface area (Å²) in [5, 5.41) is 3.44. The minimum absolute atomic E-state index is 0.149. The number of fused-ring (bicyclic) bond motifs is 1. The van der Waals surface area contributed by atoms with Crippen molar-refractivity contribution in [1.82, 2.24) is 4.90 Å². The summed E-state index contributed by atoms with van der Waals surface area (Å²) >= 11 is 9.41. The van der Waals surface area contributed by atoms with E-state index in [1.807, 2.05) is 54.6 Å². The molecule has 1 aliphatic heterocycles. The highest BCUT2D eigenvalue weighted by Gasteiger charge is 2.35. The van der Waals surface area contributed by atoms with Gasteiger partial charge in [-0.25, -0.2) is 4.79 Å². The number of carbonyl (C=O) groups is 2. The Hall–Kier alpha value is -2.83. The third kappa shape index (κ3) is 5.09. The summed E-state index contributed by atoms with van der Waals surface area (Å²) in [7, 11) is 0. The minimum atomic E-state index is -0.687. The largest absolute Gasteiger partial charge is 0.445 e. The molecule has 4 rings (SSSR count). The Kier molecular flexibility index (Phi) is 6.59. The molecule has 0 spiro atoms. The zero-order valence-corrected chi connectivity index (χ0v) is 18.9. The lowest BCUT2D eigenvalue weighted by Crippen LogP contribution is -2.50. The number of carbonyl (C=O) groups excluding carboxylic acids is 2. The van der Waals surface area contributed by atoms with Crippen LogP contribution in [0.2, 0.25) is 5.02 Å². The van der Waals surface area contributed by atoms with E-state index in [1.54, 1.807) is 18.2 Å². The first-order valence-electron chi connectivity index (χ1n) is 9.81. The van der Waals surface area contributed by atoms with Crippen molar-refractivity contribution in [2.24, 2.45) is 0 Å². The number of hydrogen-bond donors (Lipinski definition) is 1. The Balaban J connectivity index is 1.54. The molecule has 0 unspecified atom stereocenters. The van der Waals surface area contributed by atoms with Crippen LogP contribution in [0.25, 0.3) is 0 Å². The number of rotatable bonds is 4. The molecule has 0 radical (unpaired) electrons. The van der Waals surface area contributed by atoms with Crippen molar-refractivity contribution in [1.29, 1.82) is 0 Å². The number of ether oxygens (including phenoxy) is 1. The number of hydrogen-bond acceptors (Lipinski definition) is 3. The van der Waals surface area contributed by atoms with Crippen LogP contribution in [-0.4, -0.2) is 22.9 Å². The smallest absolute Gasteiger partial charge is 0.411 e. The zero-order chi connectivity index (χ0) is 21.8. The Morgan fingerprint density at radius 2 is 1.74 bits per heavy atom. The normalized spacial score (nSPS) is 15.2. The molecule has 3 aromatic rings. The monoisotopic (exact) mass is 498 g/mol. The van der Waals surface area contributed by atoms with Gasteiger partial charge in [0, 0.05) is 16.6 Å². The fourth-order valence-electron chi connectivity index (χ4n) is 3.55. The van der Waals surface area contributed by atoms with Crippen LogP contribution in [0.4, 0.5) is 10.5 Å². The van der Waals surface area contributed by atoms with Gasteiger partial charge in [-0.3, -0.25) is 9.69 Å². The van der Waals surface area contributed by atoms with E-state index < -0.39 is 12.1 Å². The predicted octanol–water partition coefficient (Wildman–Crippen LogP) is 5.80. The average Bonchev–Trinajstić information content (AvgIpc) is 2.79. The van der Waals surface area contributed by atoms with Gasteiger partial charge in [-0.05, 0) is 50.8 Å². The van der Waals surface area contributed by atoms with Gasteiger partial charge in [0.05, 0.1) is 11.6 Å². The van der Waals surface area contributed by atoms with E-state index in [4.69, 9.17) is 16.3 Å². The first-order chi connectivity index (χ1) is 15.0. The molecule has 3 aromatic carbocycles. The molecular weight excluding hydrogens is 480 g/mol. The molecule has 0 saturated heterocycles. The molecule has 0 aromatic heterocycles. The van der Waals surface area contributed by atoms with Crippen molar-refractivity contribution >= 4 is 45.2 Å². The standard InChI is InChI=1S/C24H20BrClN2O3/c25-20-13-19(10-11-21(20)26)27-23(29)22-12-17-8-4-5-9-18(17)14-28(22)24(30)31-15-16-6-2-1-3-7-16/h1-11,13,22H,12,14-15H2,(H,27,29)/t22-/m1/s1. The molecule has 2 amide bonds. The Bertz CT molecular complexity index is 1110. The Morgan fingerprint density at radius 3 is 2.48 bits per heavy atom. The average molecular weight is 500 g/mol. The van der Waals surface area contributed by atoms with E-state index in [9.17, 15) is 9.59 Å². The molecule has 0 saturated carbocycles. The van der Waals surface area contributed by atoms with Crippen molar-refractivity contribution in [2.75, 3.05) is 5.32 Å². The third-order valence-corrected chi connectivity index (χ3v) is 6.39. The maximum absolute atomic E-state index is 13.2. The van der Waals surface area contributed by atoms with Crippen molar-refractivity contribution in [3.8, 4) is 0 Å². The van der Waals surface area contributed by atoms with Gasteiger partial charge in [-0.2, -0.15) is 0 Å². The second kappa shape index (κ2) is 9.54. The van der Waals surface area contributed by atoms with E-state index in [0.717, 1.165) is 16.7 Å². The summed E-state index contributed by atoms with van der Waals surface area (Å²) < 4.78 is 6.21. The highest BCUT2D eigenvalue weighted by molar-refractivity contribution is 9.10. The van der Waals surface area contributed by atoms with E-state index in [1.165, 1.54) is 4.90 Å². The molecule has 158 valence electrons. The number of nitrogens with one attached hydrogen (secondary N) is 1. The lowest BCUT2D eigenvalue weighted by molar-refractivity contribution is -0.121. The van der Waals surface area contributed by atoms with Crippen LogP contribution in [0.3, 0.4) is 0 Å². The summed E-state index contributed by atoms with van der Waals surface area (Å²) in [6, 6.07) is 21.8. The topological polar surface area (TPSA) is 58.6 Å². The van der Waals surface area contributed by atoms with Gasteiger partial charge in [0.1, 0.15) is 12.6 Å². The van der Waals surface area contributed by atoms with Gasteiger partial charge in [0.2, 0.25) is 5.91 Å². The number of benzene rings is 3. The van der Waals surface area contributed by atoms with Gasteiger partial charge in [0.25, 0.3) is 0 Å². The molecule has 1 aliphatic rings. The molecular formula is C24H20BrClN2O3. The molecule has 31 heavy (non-hydrogen) atoms. The number of halogens is 2. The second-order valence-electron chi connectivity index (χ2n) is 7.27. The Labute approximate surface area is 194 Å². The van der Waals surface area contributed by atoms with Gasteiger partial charge in [0.15, 0.2) is 0 Å². The van der Waals surface area contributed by atoms with Gasteiger partial charge >= 0.3 is 6.09 Å². The zero-order valence-electron chi connectivity index (χ0n) is 16.6. The summed E-state index contributed by atoms with van der Waals surface area (Å²) in [5.41, 5.74) is 3.54. The number of amides is 2. The molecule has 0 bridgehead atoms. The summed E-state index contributed by atoms with van der Waals surface area (Å²) in [6.45, 7) is 0.461. The molecule has 1 atom stereocenters. The first-order valence-corrected chi connectivity index (χ1v) is 11.0. The highest BCUT2D eigenvalue weighted by atomic mass is 79.9. The molecule has 7 heteroatoms. The highest BCUT2D eigenvalue weighted by Crippen LogP contribution is 2.28. The maximum atomic E-state index is 13.2. The van der Waals surface area contributed by atoms with Crippen LogP contribution in [0.1, 0.15) is 16.7 Å². The lowest BCUT2D eigenvalue weighted by Gasteiger charge is -2.35. The molecule has 5 nitrogen and oxygen atoms in total. The first kappa shape index (κ1) is 21.4. The van der Waals surface area contributed by atoms with Crippen LogP contribution in [0, 0.1) is 0 Å². The molecule has 1 N–H and O–H groups in total. The Morgan fingerprint density at radius 1 is 1.03 bits per heavy atom. The predicted molar refractivity (Wildman–Crippen MR) is 124 cm³/mol. The van der Waals surface area contributed by atoms with Gasteiger partial charge in [-0.1, -0.05) is 66.2 Å². The number of anilines is 1. The van der Waals surface area contributed by atoms with Crippen molar-refractivity contribution in [2.45, 2.75) is 25.6 Å². The van der Waals surface area contributed by atoms with Crippen LogP contribution < -0.4 is 5.32 Å². The molecule has 0 fully saturated rings. The maximum Gasteiger partial charge on any atom is 0.411 e. The van der Waals surface area contributed by atoms with Crippen LogP contribution in [0.15, 0.2) is 77.3 Å². The summed E-state index contributed by atoms with van der Waals surface area (Å²) in [6.07, 6.45) is -0.104. The van der Waals surface area contributed by atoms with E-state index in [0.29, 0.717) is 28.1 Å². The van der Waals surface area contributed by atoms with E-state index in [-0.39, 0.29) is 12.5 Å². The SMILES string of the molecule is O=C(Nc1ccc(Cl)c(Br)c1)[C@H]1Cc2ccccc2CN1C(=O)OCc1ccccc1. The summed E-state index contributed by atoms with van der Waals surface area (Å²) in [4.78, 5) is 27.6. The van der Waals surface area contributed by atoms with E-state index >= 15 is 0 Å². The fraction of sp³-hybridized carbons (Fsp3) is 0.167. The lowest BCUT2D eigenvalue weighted by atomic mass is 9.94. The van der Waals surface area contributed by atoms with Gasteiger partial charge in [-0.15, -0.1) is 0 Å². The van der Waals surface area contributed by atoms with Crippen molar-refractivity contribution < 1.29 is 14.3 Å². The van der Waals surface area contributed by atoms with Crippen LogP contribution in [-0.2, 0) is 29.1 Å². The molecule has 0 aliphatic carbocycles. The third-order valence-electron chi connectivity index (χ3n) is 5.18. The molecule has 1 heterocycles. The van der Waals surface area contributed by atoms with Crippen molar-refractivity contribution in [3.63, 3.8) is 0 Å². The minimum Gasteiger partial charge on any atom is -0.445 e. The van der Waals surface area contributed by atoms with Crippen LogP contribution >= 0.6 is 27.5 Å². The van der Waals surface area contributed by atoms with Gasteiger partial charge < -0.3 is 10.1 Å². The summed E-state index contributed by atoms with van der Waals surface area (Å²) in [5.74, 6) is -0.277. The number of nitrogens with zero attached hydrogens (tertiary/aromatic N) is 1. The van der Waals surface area contributed by atoms with E-state index in [2.05, 4.69) is 21.2 Å². The second-order valence-corrected chi connectivity index (χ2v) is 8.54. The fourth-order valence-corrected chi connectivity index (χ4v) is 4.05.